The summed E-state index contributed by atoms with van der Waals surface area (Å²) in [5.41, 5.74) is 10.1. The van der Waals surface area contributed by atoms with Crippen molar-refractivity contribution in [2.45, 2.75) is 20.8 Å². The minimum Gasteiger partial charge on any atom is -0.389 e. The minimum atomic E-state index is -0.258. The fraction of sp³-hybridized carbons (Fsp3) is 0.250. The molecule has 0 spiro atoms. The van der Waals surface area contributed by atoms with Gasteiger partial charge in [0.05, 0.1) is 11.3 Å². The molecule has 0 fully saturated rings. The zero-order valence-corrected chi connectivity index (χ0v) is 13.2. The van der Waals surface area contributed by atoms with E-state index < -0.39 is 0 Å². The largest absolute Gasteiger partial charge is 0.389 e. The zero-order valence-electron chi connectivity index (χ0n) is 12.4. The summed E-state index contributed by atoms with van der Waals surface area (Å²) >= 11 is 5.17. The van der Waals surface area contributed by atoms with Crippen molar-refractivity contribution in [1.29, 1.82) is 0 Å². The number of hydrogen-bond donors (Lipinski definition) is 1. The van der Waals surface area contributed by atoms with Gasteiger partial charge < -0.3 is 10.6 Å². The third-order valence-corrected chi connectivity index (χ3v) is 3.50. The average Bonchev–Trinajstić information content (AvgIpc) is 2.40. The highest BCUT2D eigenvalue weighted by Gasteiger charge is 2.17. The average molecular weight is 303 g/mol. The third-order valence-electron chi connectivity index (χ3n) is 3.30. The standard InChI is InChI=1S/C16H18FN3S/c1-4-20(13-7-5-12(17)6-8-13)14-9-10(2)19-11(3)15(14)16(18)21/h5-9H,4H2,1-3H3,(H2,18,21). The van der Waals surface area contributed by atoms with E-state index in [1.807, 2.05) is 26.8 Å². The maximum atomic E-state index is 13.1. The lowest BCUT2D eigenvalue weighted by Gasteiger charge is -2.26. The molecule has 2 rings (SSSR count). The van der Waals surface area contributed by atoms with Crippen LogP contribution in [0.1, 0.15) is 23.9 Å². The second-order valence-corrected chi connectivity index (χ2v) is 5.27. The summed E-state index contributed by atoms with van der Waals surface area (Å²) in [6.07, 6.45) is 0. The van der Waals surface area contributed by atoms with E-state index in [-0.39, 0.29) is 5.82 Å². The van der Waals surface area contributed by atoms with Gasteiger partial charge in [0.15, 0.2) is 0 Å². The van der Waals surface area contributed by atoms with Gasteiger partial charge in [0, 0.05) is 23.6 Å². The molecule has 0 aliphatic carbocycles. The second kappa shape index (κ2) is 6.18. The number of thiocarbonyl (C=S) groups is 1. The van der Waals surface area contributed by atoms with E-state index >= 15 is 0 Å². The molecule has 3 nitrogen and oxygen atoms in total. The molecular weight excluding hydrogens is 285 g/mol. The Balaban J connectivity index is 2.61. The van der Waals surface area contributed by atoms with Crippen LogP contribution in [-0.4, -0.2) is 16.5 Å². The maximum absolute atomic E-state index is 13.1. The van der Waals surface area contributed by atoms with Crippen LogP contribution in [0.2, 0.25) is 0 Å². The summed E-state index contributed by atoms with van der Waals surface area (Å²) < 4.78 is 13.1. The Morgan fingerprint density at radius 3 is 2.43 bits per heavy atom. The van der Waals surface area contributed by atoms with Gasteiger partial charge in [-0.25, -0.2) is 4.39 Å². The molecule has 0 radical (unpaired) electrons. The van der Waals surface area contributed by atoms with E-state index in [4.69, 9.17) is 18.0 Å². The number of aromatic nitrogens is 1. The Morgan fingerprint density at radius 1 is 1.29 bits per heavy atom. The number of benzene rings is 1. The van der Waals surface area contributed by atoms with Crippen molar-refractivity contribution in [2.75, 3.05) is 11.4 Å². The molecule has 1 aromatic carbocycles. The van der Waals surface area contributed by atoms with Gasteiger partial charge in [0.25, 0.3) is 0 Å². The van der Waals surface area contributed by atoms with Crippen LogP contribution in [0, 0.1) is 19.7 Å². The van der Waals surface area contributed by atoms with Crippen LogP contribution in [0.25, 0.3) is 0 Å². The van der Waals surface area contributed by atoms with Crippen molar-refractivity contribution in [3.63, 3.8) is 0 Å². The first-order chi connectivity index (χ1) is 9.93. The van der Waals surface area contributed by atoms with Gasteiger partial charge in [-0.1, -0.05) is 12.2 Å². The molecule has 0 atom stereocenters. The summed E-state index contributed by atoms with van der Waals surface area (Å²) in [5, 5.41) is 0. The number of hydrogen-bond acceptors (Lipinski definition) is 3. The molecule has 5 heteroatoms. The SMILES string of the molecule is CCN(c1ccc(F)cc1)c1cc(C)nc(C)c1C(N)=S. The highest BCUT2D eigenvalue weighted by atomic mass is 32.1. The quantitative estimate of drug-likeness (QED) is 0.876. The van der Waals surface area contributed by atoms with Gasteiger partial charge in [-0.15, -0.1) is 0 Å². The summed E-state index contributed by atoms with van der Waals surface area (Å²) in [6, 6.07) is 8.33. The molecule has 110 valence electrons. The van der Waals surface area contributed by atoms with Crippen LogP contribution in [0.15, 0.2) is 30.3 Å². The van der Waals surface area contributed by atoms with Crippen molar-refractivity contribution >= 4 is 28.6 Å². The molecule has 0 saturated carbocycles. The predicted molar refractivity (Wildman–Crippen MR) is 88.7 cm³/mol. The topological polar surface area (TPSA) is 42.2 Å². The number of nitrogens with two attached hydrogens (primary N) is 1. The molecule has 0 aliphatic rings. The van der Waals surface area contributed by atoms with Gasteiger partial charge in [-0.05, 0) is 51.1 Å². The molecular formula is C16H18FN3S. The highest BCUT2D eigenvalue weighted by molar-refractivity contribution is 7.80. The monoisotopic (exact) mass is 303 g/mol. The van der Waals surface area contributed by atoms with E-state index in [1.165, 1.54) is 12.1 Å². The number of anilines is 2. The van der Waals surface area contributed by atoms with Crippen LogP contribution in [-0.2, 0) is 0 Å². The van der Waals surface area contributed by atoms with Gasteiger partial charge in [-0.3, -0.25) is 4.98 Å². The molecule has 0 unspecified atom stereocenters. The Morgan fingerprint density at radius 2 is 1.90 bits per heavy atom. The maximum Gasteiger partial charge on any atom is 0.123 e. The van der Waals surface area contributed by atoms with Gasteiger partial charge in [0.1, 0.15) is 10.8 Å². The van der Waals surface area contributed by atoms with Crippen molar-refractivity contribution in [3.05, 3.63) is 53.1 Å². The van der Waals surface area contributed by atoms with Crippen LogP contribution < -0.4 is 10.6 Å². The Kier molecular flexibility index (Phi) is 4.53. The third kappa shape index (κ3) is 3.19. The summed E-state index contributed by atoms with van der Waals surface area (Å²) in [4.78, 5) is 6.79. The van der Waals surface area contributed by atoms with E-state index in [1.54, 1.807) is 12.1 Å². The fourth-order valence-corrected chi connectivity index (χ4v) is 2.69. The molecule has 21 heavy (non-hydrogen) atoms. The second-order valence-electron chi connectivity index (χ2n) is 4.83. The van der Waals surface area contributed by atoms with Gasteiger partial charge >= 0.3 is 0 Å². The molecule has 2 N–H and O–H groups in total. The van der Waals surface area contributed by atoms with Crippen LogP contribution in [0.3, 0.4) is 0 Å². The first-order valence-corrected chi connectivity index (χ1v) is 7.16. The molecule has 1 aromatic heterocycles. The van der Waals surface area contributed by atoms with Crippen LogP contribution in [0.5, 0.6) is 0 Å². The lowest BCUT2D eigenvalue weighted by atomic mass is 10.1. The predicted octanol–water partition coefficient (Wildman–Crippen LogP) is 3.63. The van der Waals surface area contributed by atoms with Crippen molar-refractivity contribution in [2.24, 2.45) is 5.73 Å². The van der Waals surface area contributed by atoms with Gasteiger partial charge in [-0.2, -0.15) is 0 Å². The summed E-state index contributed by atoms with van der Waals surface area (Å²) in [5.74, 6) is -0.258. The fourth-order valence-electron chi connectivity index (χ4n) is 2.44. The van der Waals surface area contributed by atoms with Crippen molar-refractivity contribution < 1.29 is 4.39 Å². The normalized spacial score (nSPS) is 10.5. The lowest BCUT2D eigenvalue weighted by molar-refractivity contribution is 0.628. The molecule has 0 saturated heterocycles. The van der Waals surface area contributed by atoms with E-state index in [0.717, 1.165) is 28.3 Å². The Bertz CT molecular complexity index is 668. The number of nitrogens with zero attached hydrogens (tertiary/aromatic N) is 2. The number of pyridine rings is 1. The zero-order chi connectivity index (χ0) is 15.6. The first kappa shape index (κ1) is 15.4. The Labute approximate surface area is 129 Å². The molecule has 0 aliphatic heterocycles. The number of aryl methyl sites for hydroxylation is 2. The smallest absolute Gasteiger partial charge is 0.123 e. The van der Waals surface area contributed by atoms with Crippen molar-refractivity contribution in [1.82, 2.24) is 4.98 Å². The lowest BCUT2D eigenvalue weighted by Crippen LogP contribution is -2.23. The molecule has 2 aromatic rings. The molecule has 0 bridgehead atoms. The summed E-state index contributed by atoms with van der Waals surface area (Å²) in [7, 11) is 0. The minimum absolute atomic E-state index is 0.258. The van der Waals surface area contributed by atoms with E-state index in [2.05, 4.69) is 9.88 Å². The highest BCUT2D eigenvalue weighted by Crippen LogP contribution is 2.30. The molecule has 0 amide bonds. The molecule has 1 heterocycles. The summed E-state index contributed by atoms with van der Waals surface area (Å²) in [6.45, 7) is 6.56. The van der Waals surface area contributed by atoms with Crippen LogP contribution in [0.4, 0.5) is 15.8 Å². The Hall–Kier alpha value is -2.01. The van der Waals surface area contributed by atoms with Crippen LogP contribution >= 0.6 is 12.2 Å². The van der Waals surface area contributed by atoms with Gasteiger partial charge in [0.2, 0.25) is 0 Å². The number of halogens is 1. The van der Waals surface area contributed by atoms with E-state index in [9.17, 15) is 4.39 Å². The number of rotatable bonds is 4. The van der Waals surface area contributed by atoms with E-state index in [0.29, 0.717) is 11.5 Å². The first-order valence-electron chi connectivity index (χ1n) is 6.75. The van der Waals surface area contributed by atoms with Crippen molar-refractivity contribution in [3.8, 4) is 0 Å².